The Morgan fingerprint density at radius 1 is 1.48 bits per heavy atom. The van der Waals surface area contributed by atoms with Crippen molar-refractivity contribution in [2.45, 2.75) is 4.90 Å². The van der Waals surface area contributed by atoms with Crippen molar-refractivity contribution in [2.24, 2.45) is 0 Å². The Kier molecular flexibility index (Phi) is 3.62. The van der Waals surface area contributed by atoms with Crippen molar-refractivity contribution >= 4 is 21.7 Å². The van der Waals surface area contributed by atoms with Crippen molar-refractivity contribution in [1.82, 2.24) is 15.2 Å². The van der Waals surface area contributed by atoms with Gasteiger partial charge in [-0.05, 0) is 12.1 Å². The Bertz CT molecular complexity index is 786. The first-order valence-corrected chi connectivity index (χ1v) is 6.78. The predicted octanol–water partition coefficient (Wildman–Crippen LogP) is 0.228. The number of rotatable bonds is 5. The molecule has 1 aromatic heterocycles. The molecular formula is C9H9N5O6S. The first-order chi connectivity index (χ1) is 9.83. The standard InChI is InChI=1S/C9H9N5O6S/c1-20-9-10-8(11-12-9)13-21(18,19)5-2-3-7(15)6(4-5)14(16)17/h2-4,15H,1H3,(H2,10,11,12,13). The molecule has 1 aromatic carbocycles. The van der Waals surface area contributed by atoms with Crippen molar-refractivity contribution in [3.63, 3.8) is 0 Å². The highest BCUT2D eigenvalue weighted by molar-refractivity contribution is 7.92. The van der Waals surface area contributed by atoms with E-state index in [2.05, 4.69) is 19.9 Å². The van der Waals surface area contributed by atoms with Crippen LogP contribution in [0.15, 0.2) is 23.1 Å². The number of nitrogens with one attached hydrogen (secondary N) is 2. The molecule has 0 saturated carbocycles. The Hall–Kier alpha value is -2.89. The third kappa shape index (κ3) is 3.00. The van der Waals surface area contributed by atoms with Gasteiger partial charge in [0.25, 0.3) is 10.0 Å². The Balaban J connectivity index is 2.35. The molecule has 0 aliphatic carbocycles. The molecule has 112 valence electrons. The third-order valence-corrected chi connectivity index (χ3v) is 3.67. The molecule has 0 spiro atoms. The van der Waals surface area contributed by atoms with Crippen LogP contribution in [-0.2, 0) is 10.0 Å². The summed E-state index contributed by atoms with van der Waals surface area (Å²) in [4.78, 5) is 13.0. The van der Waals surface area contributed by atoms with Crippen LogP contribution in [0.4, 0.5) is 11.6 Å². The summed E-state index contributed by atoms with van der Waals surface area (Å²) in [6.07, 6.45) is 0. The second kappa shape index (κ2) is 5.24. The van der Waals surface area contributed by atoms with Crippen molar-refractivity contribution in [1.29, 1.82) is 0 Å². The number of sulfonamides is 1. The second-order valence-electron chi connectivity index (χ2n) is 3.68. The maximum absolute atomic E-state index is 12.0. The molecule has 0 bridgehead atoms. The van der Waals surface area contributed by atoms with Crippen molar-refractivity contribution < 1.29 is 23.2 Å². The predicted molar refractivity (Wildman–Crippen MR) is 68.5 cm³/mol. The molecule has 21 heavy (non-hydrogen) atoms. The Labute approximate surface area is 117 Å². The number of phenolic OH excluding ortho intramolecular Hbond substituents is 1. The molecule has 0 saturated heterocycles. The Morgan fingerprint density at radius 3 is 2.76 bits per heavy atom. The molecule has 0 atom stereocenters. The molecule has 2 aromatic rings. The van der Waals surface area contributed by atoms with Gasteiger partial charge >= 0.3 is 11.7 Å². The van der Waals surface area contributed by atoms with Crippen LogP contribution in [0.3, 0.4) is 0 Å². The summed E-state index contributed by atoms with van der Waals surface area (Å²) in [5, 5.41) is 25.8. The topological polar surface area (TPSA) is 160 Å². The number of methoxy groups -OCH3 is 1. The summed E-state index contributed by atoms with van der Waals surface area (Å²) in [5.41, 5.74) is -0.729. The number of ether oxygens (including phenoxy) is 1. The first-order valence-electron chi connectivity index (χ1n) is 5.30. The second-order valence-corrected chi connectivity index (χ2v) is 5.37. The minimum Gasteiger partial charge on any atom is -0.502 e. The number of nitro groups is 1. The zero-order chi connectivity index (χ0) is 15.6. The molecule has 0 aliphatic heterocycles. The van der Waals surface area contributed by atoms with Gasteiger partial charge in [-0.25, -0.2) is 18.2 Å². The highest BCUT2D eigenvalue weighted by atomic mass is 32.2. The molecule has 0 radical (unpaired) electrons. The molecule has 12 heteroatoms. The van der Waals surface area contributed by atoms with E-state index in [1.165, 1.54) is 7.11 Å². The van der Waals surface area contributed by atoms with E-state index in [4.69, 9.17) is 0 Å². The van der Waals surface area contributed by atoms with Gasteiger partial charge < -0.3 is 9.84 Å². The molecule has 0 fully saturated rings. The number of aromatic hydroxyl groups is 1. The number of H-pyrrole nitrogens is 1. The SMILES string of the molecule is COc1n[nH]c(NS(=O)(=O)c2ccc(O)c([N+](=O)[O-])c2)n1. The van der Waals surface area contributed by atoms with Gasteiger partial charge in [0.15, 0.2) is 5.75 Å². The molecule has 1 heterocycles. The number of phenols is 1. The number of aromatic amines is 1. The van der Waals surface area contributed by atoms with Crippen LogP contribution >= 0.6 is 0 Å². The summed E-state index contributed by atoms with van der Waals surface area (Å²) in [6, 6.07) is 2.57. The molecule has 3 N–H and O–H groups in total. The minimum atomic E-state index is -4.14. The molecule has 0 amide bonds. The van der Waals surface area contributed by atoms with Gasteiger partial charge in [-0.2, -0.15) is 4.98 Å². The van der Waals surface area contributed by atoms with Gasteiger partial charge in [-0.1, -0.05) is 0 Å². The van der Waals surface area contributed by atoms with Crippen LogP contribution in [0.1, 0.15) is 0 Å². The number of benzene rings is 1. The lowest BCUT2D eigenvalue weighted by atomic mass is 10.3. The number of aromatic nitrogens is 3. The smallest absolute Gasteiger partial charge is 0.336 e. The van der Waals surface area contributed by atoms with Crippen LogP contribution in [-0.4, -0.2) is 40.7 Å². The summed E-state index contributed by atoms with van der Waals surface area (Å²) in [7, 11) is -2.84. The van der Waals surface area contributed by atoms with Crippen LogP contribution in [0.2, 0.25) is 0 Å². The number of hydrogen-bond donors (Lipinski definition) is 3. The van der Waals surface area contributed by atoms with Gasteiger partial charge in [-0.15, -0.1) is 5.10 Å². The number of nitro benzene ring substituents is 1. The third-order valence-electron chi connectivity index (χ3n) is 2.33. The van der Waals surface area contributed by atoms with Crippen molar-refractivity contribution in [3.05, 3.63) is 28.3 Å². The molecule has 0 aliphatic rings. The summed E-state index contributed by atoms with van der Waals surface area (Å²) >= 11 is 0. The maximum atomic E-state index is 12.0. The van der Waals surface area contributed by atoms with Crippen molar-refractivity contribution in [2.75, 3.05) is 11.8 Å². The zero-order valence-corrected chi connectivity index (χ0v) is 11.3. The maximum Gasteiger partial charge on any atom is 0.336 e. The van der Waals surface area contributed by atoms with E-state index in [1.54, 1.807) is 0 Å². The molecular weight excluding hydrogens is 306 g/mol. The van der Waals surface area contributed by atoms with Crippen LogP contribution in [0, 0.1) is 10.1 Å². The normalized spacial score (nSPS) is 11.1. The van der Waals surface area contributed by atoms with E-state index >= 15 is 0 Å². The van der Waals surface area contributed by atoms with Gasteiger partial charge in [-0.3, -0.25) is 10.1 Å². The van der Waals surface area contributed by atoms with Crippen molar-refractivity contribution in [3.8, 4) is 11.8 Å². The fraction of sp³-hybridized carbons (Fsp3) is 0.111. The van der Waals surface area contributed by atoms with E-state index in [9.17, 15) is 23.6 Å². The summed E-state index contributed by atoms with van der Waals surface area (Å²) in [5.74, 6) is -0.858. The zero-order valence-electron chi connectivity index (χ0n) is 10.5. The summed E-state index contributed by atoms with van der Waals surface area (Å²) in [6.45, 7) is 0. The molecule has 2 rings (SSSR count). The van der Waals surface area contributed by atoms with Crippen LogP contribution in [0.25, 0.3) is 0 Å². The van der Waals surface area contributed by atoms with E-state index in [0.717, 1.165) is 18.2 Å². The Morgan fingerprint density at radius 2 is 2.19 bits per heavy atom. The lowest BCUT2D eigenvalue weighted by Crippen LogP contribution is -2.14. The van der Waals surface area contributed by atoms with Crippen LogP contribution in [0.5, 0.6) is 11.8 Å². The fourth-order valence-corrected chi connectivity index (χ4v) is 2.36. The number of nitrogens with zero attached hydrogens (tertiary/aromatic N) is 3. The van der Waals surface area contributed by atoms with E-state index in [1.807, 2.05) is 4.72 Å². The van der Waals surface area contributed by atoms with Gasteiger partial charge in [0, 0.05) is 6.07 Å². The van der Waals surface area contributed by atoms with E-state index in [0.29, 0.717) is 0 Å². The lowest BCUT2D eigenvalue weighted by molar-refractivity contribution is -0.386. The number of anilines is 1. The highest BCUT2D eigenvalue weighted by Gasteiger charge is 2.22. The van der Waals surface area contributed by atoms with Gasteiger partial charge in [0.05, 0.1) is 16.9 Å². The minimum absolute atomic E-state index is 0.0793. The van der Waals surface area contributed by atoms with Gasteiger partial charge in [0.2, 0.25) is 5.95 Å². The average molecular weight is 315 g/mol. The van der Waals surface area contributed by atoms with E-state index in [-0.39, 0.29) is 12.0 Å². The quantitative estimate of drug-likeness (QED) is 0.521. The average Bonchev–Trinajstić information content (AvgIpc) is 2.85. The first kappa shape index (κ1) is 14.5. The summed E-state index contributed by atoms with van der Waals surface area (Å²) < 4.78 is 30.8. The highest BCUT2D eigenvalue weighted by Crippen LogP contribution is 2.28. The fourth-order valence-electron chi connectivity index (χ4n) is 1.39. The molecule has 0 unspecified atom stereocenters. The number of hydrogen-bond acceptors (Lipinski definition) is 8. The lowest BCUT2D eigenvalue weighted by Gasteiger charge is -2.05. The van der Waals surface area contributed by atoms with E-state index < -0.39 is 31.3 Å². The molecule has 11 nitrogen and oxygen atoms in total. The van der Waals surface area contributed by atoms with Gasteiger partial charge in [0.1, 0.15) is 0 Å². The monoisotopic (exact) mass is 315 g/mol. The van der Waals surface area contributed by atoms with Crippen LogP contribution < -0.4 is 9.46 Å². The largest absolute Gasteiger partial charge is 0.502 e.